The van der Waals surface area contributed by atoms with E-state index < -0.39 is 0 Å². The zero-order chi connectivity index (χ0) is 23.3. The third-order valence-corrected chi connectivity index (χ3v) is 17.2. The molecule has 4 heteroatoms. The fraction of sp³-hybridized carbons (Fsp3) is 0.929. The lowest BCUT2D eigenvalue weighted by Gasteiger charge is -2.58. The van der Waals surface area contributed by atoms with Gasteiger partial charge < -0.3 is 5.11 Å². The summed E-state index contributed by atoms with van der Waals surface area (Å²) in [5.41, 5.74) is 2.48. The van der Waals surface area contributed by atoms with Crippen molar-refractivity contribution in [1.82, 2.24) is 0 Å². The van der Waals surface area contributed by atoms with E-state index in [9.17, 15) is 5.11 Å². The molecule has 0 aliphatic heterocycles. The average Bonchev–Trinajstić information content (AvgIpc) is 2.99. The van der Waals surface area contributed by atoms with Crippen LogP contribution in [0.1, 0.15) is 92.4 Å². The number of halogens is 3. The second kappa shape index (κ2) is 8.07. The standard InChI is InChI=1S/C28H43Br3O/c1-16(2)27(29)24(28(27,30)31)14-17(3)21-8-9-22-20-7-6-18-15-19(32)10-12-25(18,4)23(20)11-13-26(21,22)5/h6,16-17,19-24,32H,7-15H2,1-5H3/t17-,19+,20+,21-,22+,23+,24-,25+,26-,27-/m1/s1. The minimum Gasteiger partial charge on any atom is -0.393 e. The molecule has 32 heavy (non-hydrogen) atoms. The van der Waals surface area contributed by atoms with E-state index in [1.54, 1.807) is 5.57 Å². The summed E-state index contributed by atoms with van der Waals surface area (Å²) in [6.45, 7) is 12.5. The summed E-state index contributed by atoms with van der Waals surface area (Å²) in [6.07, 6.45) is 13.9. The predicted octanol–water partition coefficient (Wildman–Crippen LogP) is 8.86. The van der Waals surface area contributed by atoms with E-state index in [0.717, 1.165) is 42.4 Å². The van der Waals surface area contributed by atoms with Crippen molar-refractivity contribution in [2.75, 3.05) is 0 Å². The first-order valence-corrected chi connectivity index (χ1v) is 15.7. The molecule has 4 saturated carbocycles. The molecular formula is C28H43Br3O. The summed E-state index contributed by atoms with van der Waals surface area (Å²) >= 11 is 12.2. The maximum atomic E-state index is 10.3. The molecule has 5 aliphatic carbocycles. The zero-order valence-electron chi connectivity index (χ0n) is 20.6. The zero-order valence-corrected chi connectivity index (χ0v) is 25.4. The van der Waals surface area contributed by atoms with Crippen molar-refractivity contribution in [1.29, 1.82) is 0 Å². The number of allylic oxidation sites excluding steroid dienone is 1. The maximum Gasteiger partial charge on any atom is 0.101 e. The first-order chi connectivity index (χ1) is 14.9. The van der Waals surface area contributed by atoms with Gasteiger partial charge in [0.1, 0.15) is 3.23 Å². The highest BCUT2D eigenvalue weighted by atomic mass is 79.9. The molecule has 0 amide bonds. The van der Waals surface area contributed by atoms with Crippen LogP contribution < -0.4 is 0 Å². The molecule has 0 heterocycles. The Balaban J connectivity index is 1.33. The van der Waals surface area contributed by atoms with Crippen LogP contribution in [0, 0.1) is 52.3 Å². The Labute approximate surface area is 221 Å². The van der Waals surface area contributed by atoms with Crippen molar-refractivity contribution in [3.8, 4) is 0 Å². The van der Waals surface area contributed by atoms with E-state index in [0.29, 0.717) is 22.7 Å². The number of fused-ring (bicyclic) bond motifs is 5. The largest absolute Gasteiger partial charge is 0.393 e. The highest BCUT2D eigenvalue weighted by molar-refractivity contribution is 9.26. The fourth-order valence-corrected chi connectivity index (χ4v) is 13.4. The summed E-state index contributed by atoms with van der Waals surface area (Å²) in [6, 6.07) is 0. The molecule has 10 atom stereocenters. The summed E-state index contributed by atoms with van der Waals surface area (Å²) in [5.74, 6) is 5.50. The first-order valence-electron chi connectivity index (χ1n) is 13.3. The van der Waals surface area contributed by atoms with Gasteiger partial charge in [0.05, 0.1) is 10.4 Å². The van der Waals surface area contributed by atoms with Gasteiger partial charge in [-0.15, -0.1) is 0 Å². The number of aliphatic hydroxyl groups excluding tert-OH is 1. The van der Waals surface area contributed by atoms with Gasteiger partial charge in [0.2, 0.25) is 0 Å². The van der Waals surface area contributed by atoms with Crippen molar-refractivity contribution < 1.29 is 5.11 Å². The van der Waals surface area contributed by atoms with Gasteiger partial charge in [-0.2, -0.15) is 0 Å². The molecule has 1 N–H and O–H groups in total. The van der Waals surface area contributed by atoms with Crippen LogP contribution in [0.15, 0.2) is 11.6 Å². The van der Waals surface area contributed by atoms with Crippen molar-refractivity contribution in [3.63, 3.8) is 0 Å². The van der Waals surface area contributed by atoms with Gasteiger partial charge in [-0.1, -0.05) is 94.1 Å². The van der Waals surface area contributed by atoms with Crippen molar-refractivity contribution in [2.45, 2.75) is 106 Å². The molecule has 0 aromatic carbocycles. The smallest absolute Gasteiger partial charge is 0.101 e. The highest BCUT2D eigenvalue weighted by Gasteiger charge is 2.74. The van der Waals surface area contributed by atoms with E-state index in [1.807, 2.05) is 0 Å². The van der Waals surface area contributed by atoms with Gasteiger partial charge in [-0.05, 0) is 104 Å². The van der Waals surface area contributed by atoms with Crippen LogP contribution in [0.5, 0.6) is 0 Å². The SMILES string of the molecule is CC(C)[C@@]1(Br)[C@@H](C[C@@H](C)[C@H]2CC[C@H]3[C@@H]4CC=C5C[C@@H](O)CC[C@]5(C)[C@H]4CC[C@]23C)C1(Br)Br. The Bertz CT molecular complexity index is 792. The molecule has 0 aromatic rings. The van der Waals surface area contributed by atoms with Gasteiger partial charge in [-0.3, -0.25) is 0 Å². The van der Waals surface area contributed by atoms with Crippen molar-refractivity contribution in [2.24, 2.45) is 52.3 Å². The van der Waals surface area contributed by atoms with Crippen molar-refractivity contribution >= 4 is 47.8 Å². The monoisotopic (exact) mass is 632 g/mol. The quantitative estimate of drug-likeness (QED) is 0.242. The van der Waals surface area contributed by atoms with Crippen LogP contribution in [-0.2, 0) is 0 Å². The van der Waals surface area contributed by atoms with Crippen LogP contribution >= 0.6 is 47.8 Å². The van der Waals surface area contributed by atoms with Gasteiger partial charge >= 0.3 is 0 Å². The van der Waals surface area contributed by atoms with Gasteiger partial charge in [0, 0.05) is 5.92 Å². The second-order valence-corrected chi connectivity index (χ2v) is 18.1. The lowest BCUT2D eigenvalue weighted by molar-refractivity contribution is -0.0575. The third kappa shape index (κ3) is 3.33. The Morgan fingerprint density at radius 1 is 1.00 bits per heavy atom. The van der Waals surface area contributed by atoms with E-state index in [-0.39, 0.29) is 13.7 Å². The summed E-state index contributed by atoms with van der Waals surface area (Å²) in [4.78, 5) is 0. The number of aliphatic hydroxyl groups is 1. The van der Waals surface area contributed by atoms with Crippen LogP contribution in [0.2, 0.25) is 0 Å². The number of alkyl halides is 3. The van der Waals surface area contributed by atoms with Crippen LogP contribution in [0.3, 0.4) is 0 Å². The number of rotatable bonds is 4. The predicted molar refractivity (Wildman–Crippen MR) is 146 cm³/mol. The molecule has 0 radical (unpaired) electrons. The Morgan fingerprint density at radius 2 is 1.72 bits per heavy atom. The first kappa shape index (κ1) is 24.8. The number of hydrogen-bond acceptors (Lipinski definition) is 1. The third-order valence-electron chi connectivity index (χ3n) is 11.7. The normalized spacial score (nSPS) is 52.6. The maximum absolute atomic E-state index is 10.3. The van der Waals surface area contributed by atoms with Crippen LogP contribution in [0.4, 0.5) is 0 Å². The van der Waals surface area contributed by atoms with Gasteiger partial charge in [0.25, 0.3) is 0 Å². The molecule has 182 valence electrons. The molecule has 0 aromatic heterocycles. The molecule has 5 rings (SSSR count). The topological polar surface area (TPSA) is 20.2 Å². The molecule has 0 saturated heterocycles. The Hall–Kier alpha value is 1.14. The van der Waals surface area contributed by atoms with Gasteiger partial charge in [-0.25, -0.2) is 0 Å². The average molecular weight is 635 g/mol. The molecule has 0 spiro atoms. The number of hydrogen-bond donors (Lipinski definition) is 1. The van der Waals surface area contributed by atoms with Crippen molar-refractivity contribution in [3.05, 3.63) is 11.6 Å². The van der Waals surface area contributed by atoms with E-state index in [2.05, 4.69) is 88.5 Å². The minimum absolute atomic E-state index is 0.0523. The molecular weight excluding hydrogens is 592 g/mol. The van der Waals surface area contributed by atoms with Crippen LogP contribution in [-0.4, -0.2) is 18.8 Å². The summed E-state index contributed by atoms with van der Waals surface area (Å²) < 4.78 is 0.228. The van der Waals surface area contributed by atoms with Gasteiger partial charge in [0.15, 0.2) is 0 Å². The molecule has 0 unspecified atom stereocenters. The van der Waals surface area contributed by atoms with E-state index in [4.69, 9.17) is 0 Å². The molecule has 5 aliphatic rings. The molecule has 4 fully saturated rings. The fourth-order valence-electron chi connectivity index (χ4n) is 9.72. The van der Waals surface area contributed by atoms with Crippen LogP contribution in [0.25, 0.3) is 0 Å². The van der Waals surface area contributed by atoms with E-state index >= 15 is 0 Å². The Kier molecular flexibility index (Phi) is 6.26. The lowest BCUT2D eigenvalue weighted by atomic mass is 9.47. The summed E-state index contributed by atoms with van der Waals surface area (Å²) in [5, 5.41) is 10.3. The Morgan fingerprint density at radius 3 is 2.38 bits per heavy atom. The highest BCUT2D eigenvalue weighted by Crippen LogP contribution is 2.75. The second-order valence-electron chi connectivity index (χ2n) is 13.2. The van der Waals surface area contributed by atoms with E-state index in [1.165, 1.54) is 44.9 Å². The molecule has 0 bridgehead atoms. The minimum atomic E-state index is -0.0951. The lowest BCUT2D eigenvalue weighted by Crippen LogP contribution is -2.50. The summed E-state index contributed by atoms with van der Waals surface area (Å²) in [7, 11) is 0. The molecule has 1 nitrogen and oxygen atoms in total.